The third-order valence-corrected chi connectivity index (χ3v) is 7.16. The molecule has 0 aromatic heterocycles. The molecule has 2 amide bonds. The summed E-state index contributed by atoms with van der Waals surface area (Å²) in [5, 5.41) is 6.63. The molecule has 1 heterocycles. The van der Waals surface area contributed by atoms with E-state index < -0.39 is 0 Å². The van der Waals surface area contributed by atoms with E-state index in [1.54, 1.807) is 11.8 Å². The number of nitrogens with one attached hydrogen (secondary N) is 2. The molecule has 2 aliphatic rings. The van der Waals surface area contributed by atoms with Crippen LogP contribution in [0.25, 0.3) is 6.08 Å². The Bertz CT molecular complexity index is 898. The lowest BCUT2D eigenvalue weighted by atomic mass is 9.84. The molecule has 4 atom stereocenters. The molecule has 2 fully saturated rings. The molecule has 0 bridgehead atoms. The number of benzene rings is 2. The number of rotatable bonds is 4. The summed E-state index contributed by atoms with van der Waals surface area (Å²) in [6.07, 6.45) is 4.45. The molecule has 150 valence electrons. The van der Waals surface area contributed by atoms with Crippen molar-refractivity contribution in [3.05, 3.63) is 76.7 Å². The van der Waals surface area contributed by atoms with Gasteiger partial charge < -0.3 is 10.6 Å². The highest BCUT2D eigenvalue weighted by molar-refractivity contribution is 8.04. The van der Waals surface area contributed by atoms with Gasteiger partial charge in [-0.2, -0.15) is 0 Å². The van der Waals surface area contributed by atoms with Crippen molar-refractivity contribution in [2.75, 3.05) is 0 Å². The molecule has 4 unspecified atom stereocenters. The Morgan fingerprint density at radius 2 is 1.79 bits per heavy atom. The molecule has 2 aromatic carbocycles. The van der Waals surface area contributed by atoms with Crippen molar-refractivity contribution in [2.45, 2.75) is 43.5 Å². The number of carbonyl (C=O) groups excluding carboxylic acids is 2. The topological polar surface area (TPSA) is 58.2 Å². The SMILES string of the molecule is CC(NC(=O)C1CCC2S/C(=C\c3ccccc3)C(=O)NC2C1)c1ccccc1. The molecule has 1 aliphatic carbocycles. The van der Waals surface area contributed by atoms with Gasteiger partial charge in [0.15, 0.2) is 0 Å². The molecule has 2 aromatic rings. The Morgan fingerprint density at radius 3 is 2.52 bits per heavy atom. The monoisotopic (exact) mass is 406 g/mol. The van der Waals surface area contributed by atoms with Crippen molar-refractivity contribution in [3.8, 4) is 0 Å². The lowest BCUT2D eigenvalue weighted by molar-refractivity contribution is -0.127. The first-order valence-corrected chi connectivity index (χ1v) is 11.1. The van der Waals surface area contributed by atoms with Crippen LogP contribution in [0.2, 0.25) is 0 Å². The molecule has 4 nitrogen and oxygen atoms in total. The first-order valence-electron chi connectivity index (χ1n) is 10.2. The highest BCUT2D eigenvalue weighted by Crippen LogP contribution is 2.40. The number of hydrogen-bond acceptors (Lipinski definition) is 3. The number of amides is 2. The van der Waals surface area contributed by atoms with E-state index in [4.69, 9.17) is 0 Å². The summed E-state index contributed by atoms with van der Waals surface area (Å²) in [6, 6.07) is 20.0. The van der Waals surface area contributed by atoms with Gasteiger partial charge in [0.25, 0.3) is 5.91 Å². The molecule has 1 saturated carbocycles. The minimum atomic E-state index is -0.0528. The number of thioether (sulfide) groups is 1. The summed E-state index contributed by atoms with van der Waals surface area (Å²) in [6.45, 7) is 2.01. The van der Waals surface area contributed by atoms with Gasteiger partial charge in [-0.25, -0.2) is 0 Å². The van der Waals surface area contributed by atoms with Crippen molar-refractivity contribution < 1.29 is 9.59 Å². The van der Waals surface area contributed by atoms with Gasteiger partial charge in [-0.3, -0.25) is 9.59 Å². The van der Waals surface area contributed by atoms with E-state index >= 15 is 0 Å². The average Bonchev–Trinajstić information content (AvgIpc) is 2.75. The van der Waals surface area contributed by atoms with Gasteiger partial charge in [0.1, 0.15) is 0 Å². The largest absolute Gasteiger partial charge is 0.349 e. The second kappa shape index (κ2) is 8.87. The molecule has 29 heavy (non-hydrogen) atoms. The van der Waals surface area contributed by atoms with Crippen molar-refractivity contribution in [3.63, 3.8) is 0 Å². The van der Waals surface area contributed by atoms with Crippen LogP contribution in [0.15, 0.2) is 65.6 Å². The zero-order chi connectivity index (χ0) is 20.2. The highest BCUT2D eigenvalue weighted by atomic mass is 32.2. The lowest BCUT2D eigenvalue weighted by Gasteiger charge is -2.39. The summed E-state index contributed by atoms with van der Waals surface area (Å²) < 4.78 is 0. The maximum absolute atomic E-state index is 12.8. The van der Waals surface area contributed by atoms with E-state index in [1.165, 1.54) is 0 Å². The fourth-order valence-electron chi connectivity index (χ4n) is 4.09. The van der Waals surface area contributed by atoms with E-state index in [-0.39, 0.29) is 29.8 Å². The van der Waals surface area contributed by atoms with Crippen LogP contribution < -0.4 is 10.6 Å². The molecule has 5 heteroatoms. The molecular weight excluding hydrogens is 380 g/mol. The number of hydrogen-bond donors (Lipinski definition) is 2. The molecule has 0 radical (unpaired) electrons. The van der Waals surface area contributed by atoms with Crippen LogP contribution >= 0.6 is 11.8 Å². The van der Waals surface area contributed by atoms with Crippen LogP contribution in [0.5, 0.6) is 0 Å². The average molecular weight is 407 g/mol. The van der Waals surface area contributed by atoms with E-state index in [2.05, 4.69) is 10.6 Å². The van der Waals surface area contributed by atoms with Gasteiger partial charge in [0.2, 0.25) is 5.91 Å². The van der Waals surface area contributed by atoms with E-state index in [1.807, 2.05) is 73.7 Å². The molecule has 4 rings (SSSR count). The van der Waals surface area contributed by atoms with Crippen molar-refractivity contribution >= 4 is 29.7 Å². The molecule has 1 aliphatic heterocycles. The van der Waals surface area contributed by atoms with Crippen LogP contribution in [-0.2, 0) is 9.59 Å². The smallest absolute Gasteiger partial charge is 0.257 e. The quantitative estimate of drug-likeness (QED) is 0.744. The lowest BCUT2D eigenvalue weighted by Crippen LogP contribution is -2.51. The minimum absolute atomic E-state index is 0.0165. The Balaban J connectivity index is 1.37. The second-order valence-corrected chi connectivity index (χ2v) is 9.09. The summed E-state index contributed by atoms with van der Waals surface area (Å²) in [7, 11) is 0. The number of fused-ring (bicyclic) bond motifs is 1. The summed E-state index contributed by atoms with van der Waals surface area (Å²) in [5.41, 5.74) is 2.14. The summed E-state index contributed by atoms with van der Waals surface area (Å²) >= 11 is 1.66. The van der Waals surface area contributed by atoms with E-state index in [9.17, 15) is 9.59 Å². The minimum Gasteiger partial charge on any atom is -0.349 e. The standard InChI is InChI=1S/C24H26N2O2S/c1-16(18-10-6-3-7-11-18)25-23(27)19-12-13-21-20(15-19)26-24(28)22(29-21)14-17-8-4-2-5-9-17/h2-11,14,16,19-21H,12-13,15H2,1H3,(H,25,27)(H,26,28)/b22-14-. The van der Waals surface area contributed by atoms with Gasteiger partial charge in [-0.15, -0.1) is 11.8 Å². The first-order chi connectivity index (χ1) is 14.1. The Hall–Kier alpha value is -2.53. The van der Waals surface area contributed by atoms with Gasteiger partial charge in [0.05, 0.1) is 10.9 Å². The van der Waals surface area contributed by atoms with Crippen molar-refractivity contribution in [1.82, 2.24) is 10.6 Å². The van der Waals surface area contributed by atoms with E-state index in [0.29, 0.717) is 11.7 Å². The van der Waals surface area contributed by atoms with Crippen molar-refractivity contribution in [2.24, 2.45) is 5.92 Å². The van der Waals surface area contributed by atoms with Crippen LogP contribution in [0.4, 0.5) is 0 Å². The zero-order valence-corrected chi connectivity index (χ0v) is 17.3. The fraction of sp³-hybridized carbons (Fsp3) is 0.333. The summed E-state index contributed by atoms with van der Waals surface area (Å²) in [4.78, 5) is 26.2. The van der Waals surface area contributed by atoms with Crippen LogP contribution in [0.3, 0.4) is 0 Å². The third kappa shape index (κ3) is 4.73. The third-order valence-electron chi connectivity index (χ3n) is 5.73. The van der Waals surface area contributed by atoms with Gasteiger partial charge in [0, 0.05) is 17.2 Å². The van der Waals surface area contributed by atoms with Gasteiger partial charge in [-0.1, -0.05) is 60.7 Å². The van der Waals surface area contributed by atoms with Gasteiger partial charge in [-0.05, 0) is 43.4 Å². The zero-order valence-electron chi connectivity index (χ0n) is 16.5. The predicted molar refractivity (Wildman–Crippen MR) is 118 cm³/mol. The summed E-state index contributed by atoms with van der Waals surface area (Å²) in [5.74, 6) is 0.00598. The first kappa shape index (κ1) is 19.8. The van der Waals surface area contributed by atoms with E-state index in [0.717, 1.165) is 28.9 Å². The van der Waals surface area contributed by atoms with Crippen LogP contribution in [0.1, 0.15) is 43.4 Å². The Morgan fingerprint density at radius 1 is 1.10 bits per heavy atom. The fourth-order valence-corrected chi connectivity index (χ4v) is 5.38. The Kier molecular flexibility index (Phi) is 6.05. The molecular formula is C24H26N2O2S. The normalized spacial score (nSPS) is 26.3. The van der Waals surface area contributed by atoms with Crippen LogP contribution in [0, 0.1) is 5.92 Å². The Labute approximate surface area is 176 Å². The predicted octanol–water partition coefficient (Wildman–Crippen LogP) is 4.31. The highest BCUT2D eigenvalue weighted by Gasteiger charge is 2.39. The van der Waals surface area contributed by atoms with Crippen molar-refractivity contribution in [1.29, 1.82) is 0 Å². The molecule has 2 N–H and O–H groups in total. The van der Waals surface area contributed by atoms with Gasteiger partial charge >= 0.3 is 0 Å². The second-order valence-electron chi connectivity index (χ2n) is 7.81. The molecule has 1 saturated heterocycles. The molecule has 0 spiro atoms. The maximum Gasteiger partial charge on any atom is 0.257 e. The van der Waals surface area contributed by atoms with Crippen LogP contribution in [-0.4, -0.2) is 23.1 Å². The number of carbonyl (C=O) groups is 2. The maximum atomic E-state index is 12.8.